The molecule has 1 saturated heterocycles. The predicted molar refractivity (Wildman–Crippen MR) is 110 cm³/mol. The number of fused-ring (bicyclic) bond motifs is 1. The van der Waals surface area contributed by atoms with Crippen LogP contribution in [0.2, 0.25) is 0 Å². The second-order valence-corrected chi connectivity index (χ2v) is 8.61. The summed E-state index contributed by atoms with van der Waals surface area (Å²) in [7, 11) is 0. The Hall–Kier alpha value is -3.07. The van der Waals surface area contributed by atoms with Crippen LogP contribution in [0.5, 0.6) is 0 Å². The number of carbonyl (C=O) groups is 2. The monoisotopic (exact) mass is 469 g/mol. The van der Waals surface area contributed by atoms with Gasteiger partial charge in [0.1, 0.15) is 11.5 Å². The molecule has 4 atom stereocenters. The molecule has 2 bridgehead atoms. The van der Waals surface area contributed by atoms with Gasteiger partial charge >= 0.3 is 0 Å². The van der Waals surface area contributed by atoms with Crippen molar-refractivity contribution < 1.29 is 18.9 Å². The number of hydrazone groups is 1. The van der Waals surface area contributed by atoms with Gasteiger partial charge in [-0.1, -0.05) is 28.1 Å². The van der Waals surface area contributed by atoms with Crippen LogP contribution in [0.1, 0.15) is 18.6 Å². The number of nitrogens with zero attached hydrogens (tertiary/aromatic N) is 3. The molecular weight excluding hydrogens is 454 g/mol. The number of nitro benzene ring substituents is 1. The van der Waals surface area contributed by atoms with Crippen molar-refractivity contribution in [1.29, 1.82) is 0 Å². The van der Waals surface area contributed by atoms with Crippen LogP contribution in [-0.4, -0.2) is 28.0 Å². The van der Waals surface area contributed by atoms with Gasteiger partial charge in [0.2, 0.25) is 0 Å². The molecule has 1 saturated carbocycles. The second-order valence-electron chi connectivity index (χ2n) is 7.69. The number of furan rings is 1. The van der Waals surface area contributed by atoms with Crippen molar-refractivity contribution in [3.8, 4) is 11.3 Å². The number of amides is 2. The fourth-order valence-electron chi connectivity index (χ4n) is 4.72. The molecule has 2 fully saturated rings. The summed E-state index contributed by atoms with van der Waals surface area (Å²) in [6.07, 6.45) is 7.25. The van der Waals surface area contributed by atoms with E-state index in [1.165, 1.54) is 12.3 Å². The Labute approximate surface area is 179 Å². The lowest BCUT2D eigenvalue weighted by Gasteiger charge is -2.37. The van der Waals surface area contributed by atoms with Crippen LogP contribution >= 0.6 is 15.9 Å². The topological polar surface area (TPSA) is 106 Å². The highest BCUT2D eigenvalue weighted by Crippen LogP contribution is 2.49. The number of nitro groups is 1. The third-order valence-corrected chi connectivity index (χ3v) is 6.58. The van der Waals surface area contributed by atoms with Crippen molar-refractivity contribution in [3.63, 3.8) is 0 Å². The van der Waals surface area contributed by atoms with Crippen molar-refractivity contribution in [2.24, 2.45) is 28.8 Å². The minimum atomic E-state index is -0.484. The van der Waals surface area contributed by atoms with Crippen LogP contribution in [0.4, 0.5) is 5.69 Å². The first-order valence-corrected chi connectivity index (χ1v) is 10.4. The molecule has 0 spiro atoms. The van der Waals surface area contributed by atoms with E-state index in [9.17, 15) is 19.7 Å². The molecule has 0 N–H and O–H groups in total. The zero-order valence-corrected chi connectivity index (χ0v) is 17.2. The Morgan fingerprint density at radius 2 is 1.77 bits per heavy atom. The summed E-state index contributed by atoms with van der Waals surface area (Å²) in [5.41, 5.74) is 0.226. The minimum Gasteiger partial charge on any atom is -0.455 e. The van der Waals surface area contributed by atoms with Gasteiger partial charge in [0.15, 0.2) is 0 Å². The fourth-order valence-corrected chi connectivity index (χ4v) is 5.07. The molecule has 1 aliphatic heterocycles. The fraction of sp³-hybridized carbons (Fsp3) is 0.286. The molecular formula is C21H16BrN3O5. The number of rotatable bonds is 4. The number of hydrogen-bond donors (Lipinski definition) is 0. The Kier molecular flexibility index (Phi) is 4.43. The molecule has 9 heteroatoms. The van der Waals surface area contributed by atoms with Gasteiger partial charge in [0, 0.05) is 10.5 Å². The van der Waals surface area contributed by atoms with E-state index < -0.39 is 4.92 Å². The van der Waals surface area contributed by atoms with Crippen LogP contribution < -0.4 is 0 Å². The number of carbonyl (C=O) groups excluding carboxylic acids is 2. The average Bonchev–Trinajstić information content (AvgIpc) is 3.31. The van der Waals surface area contributed by atoms with Crippen LogP contribution in [-0.2, 0) is 9.59 Å². The normalized spacial score (nSPS) is 27.3. The van der Waals surface area contributed by atoms with Gasteiger partial charge in [-0.15, -0.1) is 0 Å². The van der Waals surface area contributed by atoms with Gasteiger partial charge in [0.25, 0.3) is 17.5 Å². The molecule has 152 valence electrons. The van der Waals surface area contributed by atoms with E-state index in [-0.39, 0.29) is 41.2 Å². The molecule has 1 aromatic heterocycles. The summed E-state index contributed by atoms with van der Waals surface area (Å²) in [5.74, 6) is -0.391. The van der Waals surface area contributed by atoms with E-state index in [2.05, 4.69) is 33.2 Å². The highest BCUT2D eigenvalue weighted by Gasteiger charge is 2.56. The van der Waals surface area contributed by atoms with Crippen molar-refractivity contribution in [1.82, 2.24) is 5.01 Å². The largest absolute Gasteiger partial charge is 0.455 e. The van der Waals surface area contributed by atoms with Gasteiger partial charge in [-0.3, -0.25) is 19.7 Å². The van der Waals surface area contributed by atoms with E-state index in [0.29, 0.717) is 21.6 Å². The number of hydrogen-bond acceptors (Lipinski definition) is 6. The highest BCUT2D eigenvalue weighted by molar-refractivity contribution is 9.10. The number of halogens is 1. The van der Waals surface area contributed by atoms with E-state index in [0.717, 1.165) is 17.9 Å². The molecule has 2 amide bonds. The molecule has 8 nitrogen and oxygen atoms in total. The second kappa shape index (κ2) is 7.02. The molecule has 4 aliphatic rings. The van der Waals surface area contributed by atoms with Crippen molar-refractivity contribution in [2.45, 2.75) is 12.8 Å². The maximum atomic E-state index is 12.8. The van der Waals surface area contributed by atoms with E-state index in [4.69, 9.17) is 4.42 Å². The predicted octanol–water partition coefficient (Wildman–Crippen LogP) is 4.15. The van der Waals surface area contributed by atoms with Crippen LogP contribution in [0, 0.1) is 33.8 Å². The Morgan fingerprint density at radius 1 is 1.10 bits per heavy atom. The number of allylic oxidation sites excluding steroid dienone is 2. The molecule has 1 aromatic carbocycles. The van der Waals surface area contributed by atoms with Crippen molar-refractivity contribution in [3.05, 3.63) is 62.8 Å². The third-order valence-electron chi connectivity index (χ3n) is 6.09. The van der Waals surface area contributed by atoms with Gasteiger partial charge in [-0.05, 0) is 48.9 Å². The van der Waals surface area contributed by atoms with Gasteiger partial charge in [-0.2, -0.15) is 10.1 Å². The molecule has 3 aliphatic carbocycles. The Bertz CT molecular complexity index is 1110. The van der Waals surface area contributed by atoms with Crippen molar-refractivity contribution in [2.75, 3.05) is 0 Å². The quantitative estimate of drug-likeness (QED) is 0.220. The standard InChI is InChI=1S/C21H16BrN3O5/c22-13-5-7-15(16(9-13)25(28)29)17-8-6-14(30-17)10-23-24-20(26)18-11-1-2-12(4-3-11)19(18)21(24)27/h1-2,5-12,18-19H,3-4H2/b23-10-/t11-,12-,18-,19+/m0/s1. The molecule has 0 unspecified atom stereocenters. The Morgan fingerprint density at radius 3 is 2.37 bits per heavy atom. The van der Waals surface area contributed by atoms with Crippen molar-refractivity contribution >= 4 is 39.6 Å². The number of benzene rings is 1. The molecule has 2 heterocycles. The minimum absolute atomic E-state index is 0.0980. The lowest BCUT2D eigenvalue weighted by atomic mass is 9.63. The lowest BCUT2D eigenvalue weighted by molar-refractivity contribution is -0.384. The molecule has 6 rings (SSSR count). The van der Waals surface area contributed by atoms with Crippen LogP contribution in [0.25, 0.3) is 11.3 Å². The Balaban J connectivity index is 1.40. The van der Waals surface area contributed by atoms with E-state index in [1.807, 2.05) is 0 Å². The third kappa shape index (κ3) is 2.92. The van der Waals surface area contributed by atoms with E-state index >= 15 is 0 Å². The summed E-state index contributed by atoms with van der Waals surface area (Å²) in [6.45, 7) is 0. The SMILES string of the molecule is O=C1[C@@H]2[C@H](C(=O)N1/N=C\c1ccc(-c3ccc(Br)cc3[N+](=O)[O-])o1)[C@H]1C=C[C@H]2CC1. The maximum absolute atomic E-state index is 12.8. The summed E-state index contributed by atoms with van der Waals surface area (Å²) in [4.78, 5) is 36.4. The van der Waals surface area contributed by atoms with Gasteiger partial charge in [0.05, 0.1) is 28.5 Å². The zero-order valence-electron chi connectivity index (χ0n) is 15.6. The number of imide groups is 1. The highest BCUT2D eigenvalue weighted by atomic mass is 79.9. The van der Waals surface area contributed by atoms with Gasteiger partial charge in [-0.25, -0.2) is 0 Å². The first-order valence-electron chi connectivity index (χ1n) is 9.58. The smallest absolute Gasteiger partial charge is 0.281 e. The summed E-state index contributed by atoms with van der Waals surface area (Å²) >= 11 is 3.22. The first-order chi connectivity index (χ1) is 14.4. The first kappa shape index (κ1) is 18.9. The molecule has 30 heavy (non-hydrogen) atoms. The molecule has 0 radical (unpaired) electrons. The van der Waals surface area contributed by atoms with Crippen LogP contribution in [0.15, 0.2) is 56.5 Å². The average molecular weight is 470 g/mol. The van der Waals surface area contributed by atoms with Gasteiger partial charge < -0.3 is 4.42 Å². The maximum Gasteiger partial charge on any atom is 0.281 e. The lowest BCUT2D eigenvalue weighted by Crippen LogP contribution is -2.38. The molecule has 2 aromatic rings. The van der Waals surface area contributed by atoms with E-state index in [1.54, 1.807) is 24.3 Å². The zero-order chi connectivity index (χ0) is 21.0. The van der Waals surface area contributed by atoms with Crippen LogP contribution in [0.3, 0.4) is 0 Å². The summed E-state index contributed by atoms with van der Waals surface area (Å²) < 4.78 is 6.26. The summed E-state index contributed by atoms with van der Waals surface area (Å²) in [6, 6.07) is 7.85. The summed E-state index contributed by atoms with van der Waals surface area (Å²) in [5, 5.41) is 16.4.